The molecule has 0 saturated carbocycles. The summed E-state index contributed by atoms with van der Waals surface area (Å²) in [5, 5.41) is 5.92. The summed E-state index contributed by atoms with van der Waals surface area (Å²) in [4.78, 5) is 21.0. The van der Waals surface area contributed by atoms with Gasteiger partial charge in [-0.2, -0.15) is 4.98 Å². The molecular formula is C22H18N4O3S. The van der Waals surface area contributed by atoms with Crippen LogP contribution in [-0.4, -0.2) is 28.1 Å². The second-order valence-corrected chi connectivity index (χ2v) is 6.92. The van der Waals surface area contributed by atoms with E-state index in [9.17, 15) is 4.79 Å². The number of benzene rings is 2. The zero-order valence-corrected chi connectivity index (χ0v) is 17.1. The smallest absolute Gasteiger partial charge is 0.257 e. The predicted molar refractivity (Wildman–Crippen MR) is 119 cm³/mol. The van der Waals surface area contributed by atoms with Gasteiger partial charge in [0.15, 0.2) is 16.3 Å². The maximum absolute atomic E-state index is 12.4. The van der Waals surface area contributed by atoms with Gasteiger partial charge in [0.25, 0.3) is 5.91 Å². The molecule has 0 unspecified atom stereocenters. The molecule has 2 aromatic carbocycles. The van der Waals surface area contributed by atoms with Crippen LogP contribution in [0.15, 0.2) is 65.2 Å². The summed E-state index contributed by atoms with van der Waals surface area (Å²) in [6, 6.07) is 16.1. The SMILES string of the molecule is COc1cccc(C(=O)NC(=S)Nc2ccc(-c3nc4ncccc4o3)cc2C)c1. The van der Waals surface area contributed by atoms with Gasteiger partial charge in [-0.1, -0.05) is 6.07 Å². The van der Waals surface area contributed by atoms with E-state index in [4.69, 9.17) is 21.4 Å². The number of rotatable bonds is 4. The minimum Gasteiger partial charge on any atom is -0.497 e. The van der Waals surface area contributed by atoms with Gasteiger partial charge in [0.1, 0.15) is 5.75 Å². The highest BCUT2D eigenvalue weighted by Crippen LogP contribution is 2.26. The van der Waals surface area contributed by atoms with Crippen LogP contribution in [0.25, 0.3) is 22.7 Å². The summed E-state index contributed by atoms with van der Waals surface area (Å²) in [6.07, 6.45) is 1.67. The first kappa shape index (κ1) is 19.5. The van der Waals surface area contributed by atoms with Crippen LogP contribution in [0.1, 0.15) is 15.9 Å². The van der Waals surface area contributed by atoms with Crippen molar-refractivity contribution in [2.45, 2.75) is 6.92 Å². The quantitative estimate of drug-likeness (QED) is 0.477. The number of nitrogens with one attached hydrogen (secondary N) is 2. The molecule has 2 aromatic heterocycles. The van der Waals surface area contributed by atoms with Crippen LogP contribution in [0.2, 0.25) is 0 Å². The molecule has 7 nitrogen and oxygen atoms in total. The molecule has 30 heavy (non-hydrogen) atoms. The molecule has 0 aliphatic carbocycles. The number of hydrogen-bond donors (Lipinski definition) is 2. The van der Waals surface area contributed by atoms with E-state index in [-0.39, 0.29) is 11.0 Å². The van der Waals surface area contributed by atoms with E-state index in [1.807, 2.05) is 31.2 Å². The van der Waals surface area contributed by atoms with Crippen molar-refractivity contribution in [1.82, 2.24) is 15.3 Å². The number of fused-ring (bicyclic) bond motifs is 1. The first-order valence-corrected chi connectivity index (χ1v) is 9.53. The van der Waals surface area contributed by atoms with E-state index in [1.54, 1.807) is 43.6 Å². The van der Waals surface area contributed by atoms with Crippen LogP contribution in [0.5, 0.6) is 5.75 Å². The minimum atomic E-state index is -0.320. The number of nitrogens with zero attached hydrogens (tertiary/aromatic N) is 2. The Balaban J connectivity index is 1.46. The normalized spacial score (nSPS) is 10.6. The molecule has 2 N–H and O–H groups in total. The number of aromatic nitrogens is 2. The lowest BCUT2D eigenvalue weighted by Crippen LogP contribution is -2.34. The Kier molecular flexibility index (Phi) is 5.40. The summed E-state index contributed by atoms with van der Waals surface area (Å²) in [5.74, 6) is 0.772. The van der Waals surface area contributed by atoms with Gasteiger partial charge in [-0.3, -0.25) is 10.1 Å². The third-order valence-corrected chi connectivity index (χ3v) is 4.65. The van der Waals surface area contributed by atoms with Gasteiger partial charge in [0, 0.05) is 23.0 Å². The summed E-state index contributed by atoms with van der Waals surface area (Å²) >= 11 is 5.29. The number of hydrogen-bond acceptors (Lipinski definition) is 6. The van der Waals surface area contributed by atoms with Gasteiger partial charge in [0.2, 0.25) is 5.89 Å². The van der Waals surface area contributed by atoms with Crippen LogP contribution in [-0.2, 0) is 0 Å². The Morgan fingerprint density at radius 1 is 1.13 bits per heavy atom. The number of aryl methyl sites for hydroxylation is 1. The lowest BCUT2D eigenvalue weighted by molar-refractivity contribution is 0.0977. The molecule has 4 aromatic rings. The van der Waals surface area contributed by atoms with Crippen molar-refractivity contribution in [3.63, 3.8) is 0 Å². The van der Waals surface area contributed by atoms with Crippen LogP contribution < -0.4 is 15.4 Å². The largest absolute Gasteiger partial charge is 0.497 e. The highest BCUT2D eigenvalue weighted by atomic mass is 32.1. The monoisotopic (exact) mass is 418 g/mol. The van der Waals surface area contributed by atoms with Gasteiger partial charge < -0.3 is 14.5 Å². The fraction of sp³-hybridized carbons (Fsp3) is 0.0909. The Morgan fingerprint density at radius 2 is 2.00 bits per heavy atom. The van der Waals surface area contributed by atoms with E-state index < -0.39 is 0 Å². The fourth-order valence-electron chi connectivity index (χ4n) is 2.92. The second kappa shape index (κ2) is 8.30. The molecule has 0 aliphatic rings. The van der Waals surface area contributed by atoms with Crippen LogP contribution >= 0.6 is 12.2 Å². The standard InChI is InChI=1S/C22H18N4O3S/c1-13-11-15(21-25-19-18(29-21)7-4-10-23-19)8-9-17(13)24-22(30)26-20(27)14-5-3-6-16(12-14)28-2/h3-12H,1-2H3,(H2,24,26,27,30). The Labute approximate surface area is 178 Å². The molecule has 0 fully saturated rings. The number of methoxy groups -OCH3 is 1. The molecule has 0 bridgehead atoms. The number of thiocarbonyl (C=S) groups is 1. The Bertz CT molecular complexity index is 1220. The molecule has 8 heteroatoms. The molecule has 0 spiro atoms. The highest BCUT2D eigenvalue weighted by molar-refractivity contribution is 7.80. The van der Waals surface area contributed by atoms with Gasteiger partial charge >= 0.3 is 0 Å². The number of anilines is 1. The average molecular weight is 418 g/mol. The van der Waals surface area contributed by atoms with Crippen LogP contribution in [0, 0.1) is 6.92 Å². The van der Waals surface area contributed by atoms with Crippen molar-refractivity contribution in [2.24, 2.45) is 0 Å². The van der Waals surface area contributed by atoms with E-state index >= 15 is 0 Å². The zero-order chi connectivity index (χ0) is 21.1. The number of carbonyl (C=O) groups is 1. The van der Waals surface area contributed by atoms with Crippen molar-refractivity contribution in [3.05, 3.63) is 71.9 Å². The van der Waals surface area contributed by atoms with Crippen molar-refractivity contribution in [2.75, 3.05) is 12.4 Å². The van der Waals surface area contributed by atoms with Crippen molar-refractivity contribution in [3.8, 4) is 17.2 Å². The van der Waals surface area contributed by atoms with Crippen LogP contribution in [0.4, 0.5) is 5.69 Å². The first-order chi connectivity index (χ1) is 14.5. The maximum Gasteiger partial charge on any atom is 0.257 e. The molecular weight excluding hydrogens is 400 g/mol. The molecule has 4 rings (SSSR count). The number of amides is 1. The molecule has 0 atom stereocenters. The summed E-state index contributed by atoms with van der Waals surface area (Å²) in [5.41, 5.74) is 4.16. The van der Waals surface area contributed by atoms with E-state index in [0.717, 1.165) is 16.8 Å². The first-order valence-electron chi connectivity index (χ1n) is 9.12. The third kappa shape index (κ3) is 4.13. The highest BCUT2D eigenvalue weighted by Gasteiger charge is 2.12. The van der Waals surface area contributed by atoms with Gasteiger partial charge in [-0.15, -0.1) is 0 Å². The fourth-order valence-corrected chi connectivity index (χ4v) is 3.13. The maximum atomic E-state index is 12.4. The van der Waals surface area contributed by atoms with Gasteiger partial charge in [0.05, 0.1) is 7.11 Å². The van der Waals surface area contributed by atoms with Crippen molar-refractivity contribution in [1.29, 1.82) is 0 Å². The number of ether oxygens (including phenoxy) is 1. The van der Waals surface area contributed by atoms with E-state index in [0.29, 0.717) is 28.4 Å². The lowest BCUT2D eigenvalue weighted by Gasteiger charge is -2.12. The van der Waals surface area contributed by atoms with Crippen LogP contribution in [0.3, 0.4) is 0 Å². The van der Waals surface area contributed by atoms with Crippen molar-refractivity contribution < 1.29 is 13.9 Å². The number of oxazole rings is 1. The minimum absolute atomic E-state index is 0.199. The summed E-state index contributed by atoms with van der Waals surface area (Å²) in [6.45, 7) is 1.93. The second-order valence-electron chi connectivity index (χ2n) is 6.51. The van der Waals surface area contributed by atoms with Crippen molar-refractivity contribution >= 4 is 40.2 Å². The summed E-state index contributed by atoms with van der Waals surface area (Å²) < 4.78 is 10.9. The third-order valence-electron chi connectivity index (χ3n) is 4.45. The Morgan fingerprint density at radius 3 is 2.77 bits per heavy atom. The molecule has 2 heterocycles. The molecule has 0 aliphatic heterocycles. The summed E-state index contributed by atoms with van der Waals surface area (Å²) in [7, 11) is 1.55. The van der Waals surface area contributed by atoms with E-state index in [2.05, 4.69) is 20.6 Å². The molecule has 0 radical (unpaired) electrons. The van der Waals surface area contributed by atoms with Gasteiger partial charge in [-0.25, -0.2) is 4.98 Å². The molecule has 150 valence electrons. The zero-order valence-electron chi connectivity index (χ0n) is 16.3. The lowest BCUT2D eigenvalue weighted by atomic mass is 10.1. The number of pyridine rings is 1. The molecule has 1 amide bonds. The van der Waals surface area contributed by atoms with Gasteiger partial charge in [-0.05, 0) is 73.2 Å². The topological polar surface area (TPSA) is 89.3 Å². The Hall–Kier alpha value is -3.78. The average Bonchev–Trinajstić information content (AvgIpc) is 3.19. The number of carbonyl (C=O) groups excluding carboxylic acids is 1. The van der Waals surface area contributed by atoms with E-state index in [1.165, 1.54) is 0 Å². The predicted octanol–water partition coefficient (Wildman–Crippen LogP) is 4.33. The molecule has 0 saturated heterocycles.